The Hall–Kier alpha value is -15.6. The highest BCUT2D eigenvalue weighted by Crippen LogP contribution is 2.46. The van der Waals surface area contributed by atoms with E-state index in [1.54, 1.807) is 37.3 Å². The molecule has 10 heterocycles. The van der Waals surface area contributed by atoms with Gasteiger partial charge in [0, 0.05) is 102 Å². The summed E-state index contributed by atoms with van der Waals surface area (Å²) in [6.45, 7) is 5.93. The number of hydrogen-bond donors (Lipinski definition) is 10. The molecule has 0 amide bonds. The predicted molar refractivity (Wildman–Crippen MR) is 505 cm³/mol. The Balaban J connectivity index is 0.000000119. The molecule has 10 aromatic heterocycles. The van der Waals surface area contributed by atoms with Crippen LogP contribution in [0, 0.1) is 12.8 Å². The van der Waals surface area contributed by atoms with Gasteiger partial charge in [-0.1, -0.05) is 135 Å². The van der Waals surface area contributed by atoms with Crippen LogP contribution in [0.25, 0.3) is 68.3 Å². The Bertz CT molecular complexity index is 7210. The van der Waals surface area contributed by atoms with Gasteiger partial charge >= 0.3 is 30.9 Å². The van der Waals surface area contributed by atoms with Crippen molar-refractivity contribution < 1.29 is 65.9 Å². The van der Waals surface area contributed by atoms with Gasteiger partial charge in [0.25, 0.3) is 0 Å². The number of rotatable bonds is 19. The summed E-state index contributed by atoms with van der Waals surface area (Å²) in [6.07, 6.45) is -1.14. The van der Waals surface area contributed by atoms with Crippen LogP contribution in [0.1, 0.15) is 198 Å². The summed E-state index contributed by atoms with van der Waals surface area (Å²) in [4.78, 5) is 66.3. The SMILES string of the molecule is CC(C)Cc1nc(Nc2nc(-c3ccccc3C(F)(F)F)nc3c2CCCC3)n[nH]1.Cc1nc(Nc2nc(-c3ccccc3C(F)(F)F)nc3c2CCCC3)n[nH]1.FC(F)(F)c1ccccc1-c1nc2c(c(Nc3n[nH]c(-c4ccccc4)n3)n1)CCCC2.FC(F)(F)c1ccccc1-c1nc2c(c(Nc3n[nH]c(C4CC4)n3)n1)CCCC2.FC(F)(F)c1ccccc1-c1nc2c(c(Nc3ncn[nH]3)n1)CCCC2. The lowest BCUT2D eigenvalue weighted by Gasteiger charge is -2.20. The highest BCUT2D eigenvalue weighted by molar-refractivity contribution is 5.73. The topological polar surface area (TPSA) is 397 Å². The molecule has 1 saturated carbocycles. The van der Waals surface area contributed by atoms with Crippen LogP contribution in [0.15, 0.2) is 158 Å². The number of hydrogen-bond acceptors (Lipinski definition) is 25. The molecule has 0 unspecified atom stereocenters. The lowest BCUT2D eigenvalue weighted by Crippen LogP contribution is -2.14. The van der Waals surface area contributed by atoms with Crippen molar-refractivity contribution in [3.8, 4) is 68.3 Å². The molecule has 144 heavy (non-hydrogen) atoms. The molecule has 6 aromatic carbocycles. The second-order valence-electron chi connectivity index (χ2n) is 35.5. The molecule has 0 aliphatic heterocycles. The summed E-state index contributed by atoms with van der Waals surface area (Å²) in [7, 11) is 0. The number of aromatic amines is 5. The maximum Gasteiger partial charge on any atom is 0.417 e. The van der Waals surface area contributed by atoms with Gasteiger partial charge < -0.3 is 26.6 Å². The molecule has 0 saturated heterocycles. The van der Waals surface area contributed by atoms with E-state index in [-0.39, 0.29) is 56.9 Å². The van der Waals surface area contributed by atoms with Crippen LogP contribution < -0.4 is 26.6 Å². The van der Waals surface area contributed by atoms with E-state index in [0.29, 0.717) is 108 Å². The fourth-order valence-electron chi connectivity index (χ4n) is 17.7. The predicted octanol–water partition coefficient (Wildman–Crippen LogP) is 23.6. The summed E-state index contributed by atoms with van der Waals surface area (Å²) >= 11 is 0. The molecule has 1 fully saturated rings. The minimum Gasteiger partial charge on any atom is -0.309 e. The first-order valence-corrected chi connectivity index (χ1v) is 47.0. The summed E-state index contributed by atoms with van der Waals surface area (Å²) in [5, 5.41) is 49.9. The Morgan fingerprint density at radius 2 is 0.604 bits per heavy atom. The normalized spacial score (nSPS) is 14.5. The molecule has 45 heteroatoms. The largest absolute Gasteiger partial charge is 0.417 e. The average molecular weight is 1990 g/mol. The molecule has 6 aliphatic carbocycles. The third-order valence-corrected chi connectivity index (χ3v) is 24.6. The number of alkyl halides is 15. The molecule has 0 atom stereocenters. The van der Waals surface area contributed by atoms with E-state index in [0.717, 1.165) is 226 Å². The minimum atomic E-state index is -4.50. The molecular formula is C99H93F15N30. The van der Waals surface area contributed by atoms with Gasteiger partial charge in [-0.3, -0.25) is 20.4 Å². The number of aryl methyl sites for hydroxylation is 6. The molecular weight excluding hydrogens is 1890 g/mol. The highest BCUT2D eigenvalue weighted by atomic mass is 19.4. The third-order valence-electron chi connectivity index (χ3n) is 24.6. The first-order valence-electron chi connectivity index (χ1n) is 47.0. The van der Waals surface area contributed by atoms with E-state index in [2.05, 4.69) is 166 Å². The number of anilines is 10. The molecule has 0 bridgehead atoms. The van der Waals surface area contributed by atoms with Crippen molar-refractivity contribution in [2.75, 3.05) is 26.6 Å². The Labute approximate surface area is 812 Å². The molecule has 10 N–H and O–H groups in total. The van der Waals surface area contributed by atoms with E-state index < -0.39 is 58.7 Å². The molecule has 0 radical (unpaired) electrons. The number of H-pyrrole nitrogens is 5. The van der Waals surface area contributed by atoms with Gasteiger partial charge in [-0.2, -0.15) is 95.9 Å². The van der Waals surface area contributed by atoms with E-state index in [9.17, 15) is 65.9 Å². The zero-order valence-electron chi connectivity index (χ0n) is 77.5. The van der Waals surface area contributed by atoms with Crippen molar-refractivity contribution in [2.45, 2.75) is 205 Å². The number of halogens is 15. The number of nitrogens with zero attached hydrogens (tertiary/aromatic N) is 20. The van der Waals surface area contributed by atoms with Crippen LogP contribution in [0.3, 0.4) is 0 Å². The average Bonchev–Trinajstić information content (AvgIpc) is 1.80. The monoisotopic (exact) mass is 1990 g/mol. The third kappa shape index (κ3) is 23.6. The minimum absolute atomic E-state index is 0.0231. The van der Waals surface area contributed by atoms with E-state index in [1.165, 1.54) is 67.0 Å². The van der Waals surface area contributed by atoms with Crippen molar-refractivity contribution in [3.63, 3.8) is 0 Å². The zero-order chi connectivity index (χ0) is 101. The van der Waals surface area contributed by atoms with Crippen molar-refractivity contribution in [1.29, 1.82) is 0 Å². The number of nitrogens with one attached hydrogen (secondary N) is 10. The number of aromatic nitrogens is 25. The van der Waals surface area contributed by atoms with Crippen LogP contribution >= 0.6 is 0 Å². The number of fused-ring (bicyclic) bond motifs is 5. The first-order chi connectivity index (χ1) is 69.2. The summed E-state index contributed by atoms with van der Waals surface area (Å²) in [6, 6.07) is 36.4. The highest BCUT2D eigenvalue weighted by Gasteiger charge is 2.41. The van der Waals surface area contributed by atoms with Crippen LogP contribution in [-0.2, 0) is 102 Å². The van der Waals surface area contributed by atoms with Crippen LogP contribution in [0.4, 0.5) is 125 Å². The molecule has 6 aliphatic rings. The number of benzene rings is 6. The van der Waals surface area contributed by atoms with Crippen LogP contribution in [-0.4, -0.2) is 126 Å². The lowest BCUT2D eigenvalue weighted by atomic mass is 9.96. The van der Waals surface area contributed by atoms with E-state index >= 15 is 0 Å². The van der Waals surface area contributed by atoms with Crippen LogP contribution in [0.5, 0.6) is 0 Å². The Morgan fingerprint density at radius 1 is 0.306 bits per heavy atom. The van der Waals surface area contributed by atoms with Gasteiger partial charge in [0.05, 0.1) is 27.8 Å². The molecule has 16 aromatic rings. The fourth-order valence-corrected chi connectivity index (χ4v) is 17.7. The molecule has 0 spiro atoms. The fraction of sp³-hybridized carbons (Fsp3) is 0.333. The van der Waals surface area contributed by atoms with Gasteiger partial charge in [-0.25, -0.2) is 54.9 Å². The zero-order valence-corrected chi connectivity index (χ0v) is 77.5. The summed E-state index contributed by atoms with van der Waals surface area (Å²) < 4.78 is 202. The van der Waals surface area contributed by atoms with Gasteiger partial charge in [0.15, 0.2) is 34.9 Å². The second kappa shape index (κ2) is 42.3. The molecule has 22 rings (SSSR count). The summed E-state index contributed by atoms with van der Waals surface area (Å²) in [5.41, 5.74) is 5.44. The van der Waals surface area contributed by atoms with E-state index in [4.69, 9.17) is 0 Å². The van der Waals surface area contributed by atoms with E-state index in [1.807, 2.05) is 30.3 Å². The van der Waals surface area contributed by atoms with Crippen molar-refractivity contribution in [2.24, 2.45) is 5.92 Å². The van der Waals surface area contributed by atoms with Gasteiger partial charge in [-0.15, -0.1) is 20.4 Å². The standard InChI is InChI=1S/C23H19F3N6.C21H23F3N6.C20H19F3N6.C18H17F3N6.C17H15F3N6/c24-23(25,26)17-12-6-4-10-15(17)20-27-18-13-7-5-11-16(18)21(28-20)30-22-29-19(31-32-22)14-8-2-1-3-9-14;1-12(2)11-17-26-20(30-29-17)28-19-14-8-4-6-10-16(14)25-18(27-19)13-7-3-5-9-15(13)21(22,23)24;21-20(22,23)14-7-3-1-5-12(14)17-24-15-8-4-2-6-13(15)18(25-17)27-19-26-16(28-29-19)11-9-10-11;1-10-22-17(27-26-10)25-16-12-7-3-5-9-14(12)23-15(24-16)11-6-2-4-8-13(11)18(19,20)21;18-17(19,20)12-7-3-1-5-10(12)14-23-13-8-4-2-6-11(13)15(24-14)25-16-21-9-22-26-16/h1-4,6,8-10,12H,5,7,11,13H2,(H2,27,28,29,30,31,32);3,5,7,9,12H,4,6,8,10-11H2,1-2H3,(H2,25,26,27,28,29,30);1,3,5,7,11H,2,4,6,8-10H2,(H2,24,25,26,27,28,29);2,4,6,8H,3,5,7,9H2,1H3,(H2,22,23,24,25,26,27);1,3,5,7,9H,2,4,6,8H2,(H2,21,22,23,24,25,26). The van der Waals surface area contributed by atoms with Gasteiger partial charge in [0.1, 0.15) is 52.9 Å². The van der Waals surface area contributed by atoms with Crippen molar-refractivity contribution >= 4 is 58.8 Å². The van der Waals surface area contributed by atoms with Gasteiger partial charge in [0.2, 0.25) is 29.7 Å². The maximum absolute atomic E-state index is 13.6. The van der Waals surface area contributed by atoms with Crippen molar-refractivity contribution in [3.05, 3.63) is 260 Å². The Morgan fingerprint density at radius 3 is 0.924 bits per heavy atom. The smallest absolute Gasteiger partial charge is 0.309 e. The quantitative estimate of drug-likeness (QED) is 0.0336. The van der Waals surface area contributed by atoms with Crippen LogP contribution in [0.2, 0.25) is 0 Å². The lowest BCUT2D eigenvalue weighted by molar-refractivity contribution is -0.137. The first kappa shape index (κ1) is 98.5. The summed E-state index contributed by atoms with van der Waals surface area (Å²) in [5.74, 6) is 8.00. The second-order valence-corrected chi connectivity index (χ2v) is 35.5. The molecule has 30 nitrogen and oxygen atoms in total. The molecule has 744 valence electrons. The Kier molecular flexibility index (Phi) is 28.9. The van der Waals surface area contributed by atoms with Gasteiger partial charge in [-0.05, 0) is 184 Å². The van der Waals surface area contributed by atoms with Crippen molar-refractivity contribution in [1.82, 2.24) is 126 Å². The maximum atomic E-state index is 13.6.